The summed E-state index contributed by atoms with van der Waals surface area (Å²) in [6, 6.07) is 8.46. The highest BCUT2D eigenvalue weighted by Crippen LogP contribution is 2.16. The molecule has 0 aliphatic heterocycles. The van der Waals surface area contributed by atoms with Crippen molar-refractivity contribution in [3.05, 3.63) is 29.8 Å². The van der Waals surface area contributed by atoms with E-state index in [0.717, 1.165) is 13.1 Å². The number of hydrogen-bond acceptors (Lipinski definition) is 2. The third-order valence-electron chi connectivity index (χ3n) is 2.22. The number of benzene rings is 1. The average molecular weight is 178 g/mol. The Balaban J connectivity index is 2.65. The number of nitrogens with zero attached hydrogens (tertiary/aromatic N) is 1. The monoisotopic (exact) mass is 178 g/mol. The molecule has 0 aliphatic carbocycles. The molecular formula is C11H18N2. The van der Waals surface area contributed by atoms with E-state index in [0.29, 0.717) is 0 Å². The molecule has 2 heteroatoms. The molecule has 72 valence electrons. The van der Waals surface area contributed by atoms with E-state index in [2.05, 4.69) is 48.5 Å². The zero-order valence-corrected chi connectivity index (χ0v) is 8.67. The molecule has 0 amide bonds. The first kappa shape index (κ1) is 10.1. The highest BCUT2D eigenvalue weighted by atomic mass is 15.1. The SMILES string of the molecule is CNCCN(C)c1ccccc1C. The number of rotatable bonds is 4. The van der Waals surface area contributed by atoms with Gasteiger partial charge >= 0.3 is 0 Å². The van der Waals surface area contributed by atoms with Crippen LogP contribution in [0, 0.1) is 6.92 Å². The van der Waals surface area contributed by atoms with Crippen LogP contribution in [0.15, 0.2) is 24.3 Å². The zero-order chi connectivity index (χ0) is 9.68. The van der Waals surface area contributed by atoms with Crippen molar-refractivity contribution >= 4 is 5.69 Å². The van der Waals surface area contributed by atoms with Crippen LogP contribution in [0.2, 0.25) is 0 Å². The van der Waals surface area contributed by atoms with E-state index in [1.54, 1.807) is 0 Å². The summed E-state index contributed by atoms with van der Waals surface area (Å²) in [5.74, 6) is 0. The highest BCUT2D eigenvalue weighted by molar-refractivity contribution is 5.52. The first-order chi connectivity index (χ1) is 6.25. The highest BCUT2D eigenvalue weighted by Gasteiger charge is 2.01. The molecule has 0 spiro atoms. The maximum absolute atomic E-state index is 3.15. The Morgan fingerprint density at radius 2 is 2.00 bits per heavy atom. The van der Waals surface area contributed by atoms with E-state index >= 15 is 0 Å². The predicted molar refractivity (Wildman–Crippen MR) is 58.4 cm³/mol. The number of likely N-dealkylation sites (N-methyl/N-ethyl adjacent to an activating group) is 2. The zero-order valence-electron chi connectivity index (χ0n) is 8.67. The van der Waals surface area contributed by atoms with E-state index in [1.807, 2.05) is 7.05 Å². The normalized spacial score (nSPS) is 10.1. The summed E-state index contributed by atoms with van der Waals surface area (Å²) in [5, 5.41) is 3.15. The lowest BCUT2D eigenvalue weighted by Crippen LogP contribution is -2.27. The summed E-state index contributed by atoms with van der Waals surface area (Å²) in [7, 11) is 4.10. The van der Waals surface area contributed by atoms with E-state index in [1.165, 1.54) is 11.3 Å². The van der Waals surface area contributed by atoms with Crippen LogP contribution in [0.4, 0.5) is 5.69 Å². The number of hydrogen-bond donors (Lipinski definition) is 1. The summed E-state index contributed by atoms with van der Waals surface area (Å²) in [5.41, 5.74) is 2.65. The van der Waals surface area contributed by atoms with Crippen LogP contribution < -0.4 is 10.2 Å². The van der Waals surface area contributed by atoms with E-state index in [9.17, 15) is 0 Å². The van der Waals surface area contributed by atoms with Gasteiger partial charge in [-0.1, -0.05) is 18.2 Å². The van der Waals surface area contributed by atoms with Crippen LogP contribution in [0.3, 0.4) is 0 Å². The maximum Gasteiger partial charge on any atom is 0.0393 e. The third kappa shape index (κ3) is 2.74. The van der Waals surface area contributed by atoms with Crippen LogP contribution >= 0.6 is 0 Å². The van der Waals surface area contributed by atoms with Crippen molar-refractivity contribution in [3.63, 3.8) is 0 Å². The minimum atomic E-state index is 1.02. The van der Waals surface area contributed by atoms with Gasteiger partial charge in [-0.25, -0.2) is 0 Å². The van der Waals surface area contributed by atoms with Crippen LogP contribution in [-0.2, 0) is 0 Å². The average Bonchev–Trinajstić information content (AvgIpc) is 2.15. The molecule has 2 nitrogen and oxygen atoms in total. The Hall–Kier alpha value is -1.02. The molecule has 1 N–H and O–H groups in total. The molecule has 0 heterocycles. The van der Waals surface area contributed by atoms with Gasteiger partial charge in [0.05, 0.1) is 0 Å². The molecule has 0 saturated carbocycles. The fourth-order valence-electron chi connectivity index (χ4n) is 1.39. The van der Waals surface area contributed by atoms with E-state index in [-0.39, 0.29) is 0 Å². The Morgan fingerprint density at radius 1 is 1.31 bits per heavy atom. The van der Waals surface area contributed by atoms with Gasteiger partial charge in [-0.05, 0) is 25.6 Å². The van der Waals surface area contributed by atoms with Crippen molar-refractivity contribution in [3.8, 4) is 0 Å². The number of anilines is 1. The molecule has 0 aliphatic rings. The van der Waals surface area contributed by atoms with Gasteiger partial charge in [0.1, 0.15) is 0 Å². The van der Waals surface area contributed by atoms with Crippen molar-refractivity contribution in [2.24, 2.45) is 0 Å². The lowest BCUT2D eigenvalue weighted by molar-refractivity contribution is 0.766. The smallest absolute Gasteiger partial charge is 0.0393 e. The van der Waals surface area contributed by atoms with Gasteiger partial charge in [0, 0.05) is 25.8 Å². The lowest BCUT2D eigenvalue weighted by atomic mass is 10.2. The summed E-state index contributed by atoms with van der Waals surface area (Å²) in [6.07, 6.45) is 0. The fourth-order valence-corrected chi connectivity index (χ4v) is 1.39. The van der Waals surface area contributed by atoms with E-state index < -0.39 is 0 Å². The van der Waals surface area contributed by atoms with Crippen molar-refractivity contribution in [2.75, 3.05) is 32.1 Å². The van der Waals surface area contributed by atoms with Crippen LogP contribution in [0.25, 0.3) is 0 Å². The van der Waals surface area contributed by atoms with Crippen LogP contribution in [-0.4, -0.2) is 27.2 Å². The molecule has 0 atom stereocenters. The van der Waals surface area contributed by atoms with Gasteiger partial charge in [0.25, 0.3) is 0 Å². The molecule has 0 fully saturated rings. The molecule has 1 rings (SSSR count). The summed E-state index contributed by atoms with van der Waals surface area (Å²) >= 11 is 0. The molecule has 0 radical (unpaired) electrons. The quantitative estimate of drug-likeness (QED) is 0.754. The van der Waals surface area contributed by atoms with Gasteiger partial charge in [-0.2, -0.15) is 0 Å². The van der Waals surface area contributed by atoms with Crippen molar-refractivity contribution < 1.29 is 0 Å². The Kier molecular flexibility index (Phi) is 3.77. The molecule has 0 saturated heterocycles. The summed E-state index contributed by atoms with van der Waals surface area (Å²) < 4.78 is 0. The summed E-state index contributed by atoms with van der Waals surface area (Å²) in [6.45, 7) is 4.21. The summed E-state index contributed by atoms with van der Waals surface area (Å²) in [4.78, 5) is 2.27. The van der Waals surface area contributed by atoms with Crippen LogP contribution in [0.5, 0.6) is 0 Å². The Labute approximate surface area is 80.6 Å². The van der Waals surface area contributed by atoms with Crippen molar-refractivity contribution in [2.45, 2.75) is 6.92 Å². The van der Waals surface area contributed by atoms with Gasteiger partial charge in [-0.15, -0.1) is 0 Å². The van der Waals surface area contributed by atoms with Crippen LogP contribution in [0.1, 0.15) is 5.56 Å². The molecular weight excluding hydrogens is 160 g/mol. The number of para-hydroxylation sites is 1. The topological polar surface area (TPSA) is 15.3 Å². The molecule has 0 unspecified atom stereocenters. The van der Waals surface area contributed by atoms with Crippen molar-refractivity contribution in [1.82, 2.24) is 5.32 Å². The second kappa shape index (κ2) is 4.87. The Bertz CT molecular complexity index is 258. The van der Waals surface area contributed by atoms with Crippen molar-refractivity contribution in [1.29, 1.82) is 0 Å². The molecule has 13 heavy (non-hydrogen) atoms. The van der Waals surface area contributed by atoms with E-state index in [4.69, 9.17) is 0 Å². The van der Waals surface area contributed by atoms with Gasteiger partial charge in [0.15, 0.2) is 0 Å². The second-order valence-electron chi connectivity index (χ2n) is 3.31. The largest absolute Gasteiger partial charge is 0.373 e. The lowest BCUT2D eigenvalue weighted by Gasteiger charge is -2.20. The molecule has 0 bridgehead atoms. The van der Waals surface area contributed by atoms with Gasteiger partial charge < -0.3 is 10.2 Å². The fraction of sp³-hybridized carbons (Fsp3) is 0.455. The third-order valence-corrected chi connectivity index (χ3v) is 2.22. The number of nitrogens with one attached hydrogen (secondary N) is 1. The second-order valence-corrected chi connectivity index (χ2v) is 3.31. The predicted octanol–water partition coefficient (Wildman–Crippen LogP) is 1.65. The minimum Gasteiger partial charge on any atom is -0.373 e. The molecule has 1 aromatic carbocycles. The maximum atomic E-state index is 3.15. The molecule has 0 aromatic heterocycles. The Morgan fingerprint density at radius 3 is 2.62 bits per heavy atom. The molecule has 1 aromatic rings. The first-order valence-electron chi connectivity index (χ1n) is 4.67. The van der Waals surface area contributed by atoms with Gasteiger partial charge in [0.2, 0.25) is 0 Å². The first-order valence-corrected chi connectivity index (χ1v) is 4.67. The standard InChI is InChI=1S/C11H18N2/c1-10-6-4-5-7-11(10)13(3)9-8-12-2/h4-7,12H,8-9H2,1-3H3. The minimum absolute atomic E-state index is 1.02. The van der Waals surface area contributed by atoms with Gasteiger partial charge in [-0.3, -0.25) is 0 Å². The number of aryl methyl sites for hydroxylation is 1.